The van der Waals surface area contributed by atoms with Gasteiger partial charge in [-0.2, -0.15) is 0 Å². The number of hydrogen-bond acceptors (Lipinski definition) is 3. The van der Waals surface area contributed by atoms with Gasteiger partial charge in [-0.05, 0) is 6.07 Å². The van der Waals surface area contributed by atoms with Crippen molar-refractivity contribution in [3.8, 4) is 5.75 Å². The van der Waals surface area contributed by atoms with Crippen LogP contribution in [0.3, 0.4) is 0 Å². The minimum Gasteiger partial charge on any atom is -0.505 e. The van der Waals surface area contributed by atoms with Gasteiger partial charge in [0.15, 0.2) is 11.6 Å². The molecule has 0 radical (unpaired) electrons. The lowest BCUT2D eigenvalue weighted by atomic mass is 10.2. The molecule has 0 spiro atoms. The van der Waals surface area contributed by atoms with E-state index in [0.29, 0.717) is 11.3 Å². The fraction of sp³-hybridized carbons (Fsp3) is 0.0833. The van der Waals surface area contributed by atoms with E-state index in [9.17, 15) is 13.9 Å². The smallest absolute Gasteiger partial charge is 0.165 e. The molecule has 0 fully saturated rings. The van der Waals surface area contributed by atoms with E-state index in [1.807, 2.05) is 0 Å². The number of phenolic OH excluding ortho intramolecular Hbond substituents is 1. The molecule has 1 heterocycles. The zero-order valence-corrected chi connectivity index (χ0v) is 8.82. The average Bonchev–Trinajstić information content (AvgIpc) is 2.31. The monoisotopic (exact) mass is 236 g/mol. The number of anilines is 1. The summed E-state index contributed by atoms with van der Waals surface area (Å²) in [6.45, 7) is 0.189. The molecule has 3 nitrogen and oxygen atoms in total. The van der Waals surface area contributed by atoms with Gasteiger partial charge in [-0.15, -0.1) is 0 Å². The van der Waals surface area contributed by atoms with Crippen LogP contribution >= 0.6 is 0 Å². The third-order valence-corrected chi connectivity index (χ3v) is 2.26. The van der Waals surface area contributed by atoms with E-state index < -0.39 is 17.4 Å². The Labute approximate surface area is 96.7 Å². The van der Waals surface area contributed by atoms with Crippen molar-refractivity contribution in [2.75, 3.05) is 5.32 Å². The molecule has 0 aliphatic heterocycles. The molecular weight excluding hydrogens is 226 g/mol. The molecule has 5 heteroatoms. The van der Waals surface area contributed by atoms with Crippen LogP contribution in [-0.2, 0) is 6.54 Å². The van der Waals surface area contributed by atoms with Crippen molar-refractivity contribution in [1.82, 2.24) is 4.98 Å². The summed E-state index contributed by atoms with van der Waals surface area (Å²) in [7, 11) is 0. The first-order valence-electron chi connectivity index (χ1n) is 4.97. The minimum absolute atomic E-state index is 0.189. The van der Waals surface area contributed by atoms with Crippen LogP contribution in [0.15, 0.2) is 36.7 Å². The predicted molar refractivity (Wildman–Crippen MR) is 59.6 cm³/mol. The third kappa shape index (κ3) is 2.69. The van der Waals surface area contributed by atoms with Gasteiger partial charge >= 0.3 is 0 Å². The van der Waals surface area contributed by atoms with Gasteiger partial charge in [0.05, 0.1) is 18.1 Å². The Hall–Kier alpha value is -2.17. The Morgan fingerprint density at radius 1 is 1.24 bits per heavy atom. The second-order valence-corrected chi connectivity index (χ2v) is 3.49. The minimum atomic E-state index is -0.679. The highest BCUT2D eigenvalue weighted by Gasteiger charge is 2.06. The van der Waals surface area contributed by atoms with Gasteiger partial charge in [0.2, 0.25) is 0 Å². The summed E-state index contributed by atoms with van der Waals surface area (Å²) in [6, 6.07) is 5.51. The highest BCUT2D eigenvalue weighted by atomic mass is 19.1. The number of aromatic nitrogens is 1. The Bertz CT molecular complexity index is 532. The van der Waals surface area contributed by atoms with Crippen LogP contribution in [0.2, 0.25) is 0 Å². The molecule has 0 atom stereocenters. The van der Waals surface area contributed by atoms with Gasteiger partial charge in [-0.3, -0.25) is 4.98 Å². The molecule has 2 aromatic rings. The maximum atomic E-state index is 13.0. The van der Waals surface area contributed by atoms with Crippen molar-refractivity contribution in [1.29, 1.82) is 0 Å². The number of benzene rings is 1. The zero-order chi connectivity index (χ0) is 12.3. The molecule has 17 heavy (non-hydrogen) atoms. The largest absolute Gasteiger partial charge is 0.505 e. The molecule has 0 amide bonds. The van der Waals surface area contributed by atoms with E-state index in [4.69, 9.17) is 0 Å². The predicted octanol–water partition coefficient (Wildman–Crippen LogP) is 2.68. The van der Waals surface area contributed by atoms with E-state index in [-0.39, 0.29) is 6.54 Å². The fourth-order valence-electron chi connectivity index (χ4n) is 1.41. The van der Waals surface area contributed by atoms with Crippen molar-refractivity contribution < 1.29 is 13.9 Å². The number of hydrogen-bond donors (Lipinski definition) is 2. The van der Waals surface area contributed by atoms with Gasteiger partial charge in [0.25, 0.3) is 0 Å². The van der Waals surface area contributed by atoms with E-state index in [2.05, 4.69) is 10.3 Å². The number of para-hydroxylation sites is 1. The third-order valence-electron chi connectivity index (χ3n) is 2.26. The van der Waals surface area contributed by atoms with Crippen LogP contribution in [0.1, 0.15) is 5.56 Å². The molecule has 2 N–H and O–H groups in total. The highest BCUT2D eigenvalue weighted by molar-refractivity contribution is 5.43. The molecule has 0 unspecified atom stereocenters. The summed E-state index contributed by atoms with van der Waals surface area (Å²) >= 11 is 0. The lowest BCUT2D eigenvalue weighted by molar-refractivity contribution is 0.427. The van der Waals surface area contributed by atoms with Crippen LogP contribution in [-0.4, -0.2) is 10.1 Å². The van der Waals surface area contributed by atoms with Crippen LogP contribution in [0.4, 0.5) is 14.5 Å². The van der Waals surface area contributed by atoms with Gasteiger partial charge in [0.1, 0.15) is 5.82 Å². The highest BCUT2D eigenvalue weighted by Crippen LogP contribution is 2.21. The molecule has 0 aliphatic rings. The van der Waals surface area contributed by atoms with Crippen LogP contribution < -0.4 is 5.32 Å². The van der Waals surface area contributed by atoms with Crippen LogP contribution in [0, 0.1) is 11.6 Å². The van der Waals surface area contributed by atoms with Crippen molar-refractivity contribution >= 4 is 5.69 Å². The van der Waals surface area contributed by atoms with E-state index in [0.717, 1.165) is 6.20 Å². The molecular formula is C12H10F2N2O. The quantitative estimate of drug-likeness (QED) is 0.861. The number of pyridine rings is 1. The number of halogens is 2. The Balaban J connectivity index is 2.10. The zero-order valence-electron chi connectivity index (χ0n) is 8.82. The molecule has 88 valence electrons. The van der Waals surface area contributed by atoms with Crippen LogP contribution in [0.5, 0.6) is 5.75 Å². The number of nitrogens with one attached hydrogen (secondary N) is 1. The van der Waals surface area contributed by atoms with Crippen molar-refractivity contribution in [2.45, 2.75) is 6.54 Å². The van der Waals surface area contributed by atoms with E-state index in [1.54, 1.807) is 6.07 Å². The Morgan fingerprint density at radius 3 is 2.82 bits per heavy atom. The lowest BCUT2D eigenvalue weighted by Gasteiger charge is -2.08. The molecule has 0 saturated carbocycles. The summed E-state index contributed by atoms with van der Waals surface area (Å²) in [5.41, 5.74) is 0.864. The topological polar surface area (TPSA) is 45.1 Å². The van der Waals surface area contributed by atoms with Crippen molar-refractivity contribution in [2.24, 2.45) is 0 Å². The SMILES string of the molecule is Oc1c(F)cccc1CNc1cncc(F)c1. The summed E-state index contributed by atoms with van der Waals surface area (Å²) in [5, 5.41) is 12.3. The standard InChI is InChI=1S/C12H10F2N2O/c13-9-4-10(7-15-6-9)16-5-8-2-1-3-11(14)12(8)17/h1-4,6-7,16-17H,5H2. The van der Waals surface area contributed by atoms with Crippen molar-refractivity contribution in [3.63, 3.8) is 0 Å². The number of aromatic hydroxyl groups is 1. The summed E-state index contributed by atoms with van der Waals surface area (Å²) in [5.74, 6) is -1.54. The Kier molecular flexibility index (Phi) is 3.18. The number of phenols is 1. The maximum absolute atomic E-state index is 13.0. The van der Waals surface area contributed by atoms with Crippen molar-refractivity contribution in [3.05, 3.63) is 53.9 Å². The average molecular weight is 236 g/mol. The van der Waals surface area contributed by atoms with Gasteiger partial charge < -0.3 is 10.4 Å². The number of nitrogens with zero attached hydrogens (tertiary/aromatic N) is 1. The first-order chi connectivity index (χ1) is 8.16. The lowest BCUT2D eigenvalue weighted by Crippen LogP contribution is -2.01. The normalized spacial score (nSPS) is 10.2. The molecule has 2 rings (SSSR count). The maximum Gasteiger partial charge on any atom is 0.165 e. The molecule has 0 saturated heterocycles. The second kappa shape index (κ2) is 4.78. The first kappa shape index (κ1) is 11.3. The van der Waals surface area contributed by atoms with Crippen LogP contribution in [0.25, 0.3) is 0 Å². The van der Waals surface area contributed by atoms with Gasteiger partial charge in [-0.25, -0.2) is 8.78 Å². The number of rotatable bonds is 3. The second-order valence-electron chi connectivity index (χ2n) is 3.49. The van der Waals surface area contributed by atoms with E-state index >= 15 is 0 Å². The van der Waals surface area contributed by atoms with E-state index in [1.165, 1.54) is 24.4 Å². The summed E-state index contributed by atoms with van der Waals surface area (Å²) < 4.78 is 25.8. The Morgan fingerprint density at radius 2 is 2.06 bits per heavy atom. The molecule has 1 aromatic heterocycles. The first-order valence-corrected chi connectivity index (χ1v) is 4.97. The fourth-order valence-corrected chi connectivity index (χ4v) is 1.41. The summed E-state index contributed by atoms with van der Waals surface area (Å²) in [6.07, 6.45) is 2.53. The van der Waals surface area contributed by atoms with Gasteiger partial charge in [-0.1, -0.05) is 12.1 Å². The molecule has 0 bridgehead atoms. The van der Waals surface area contributed by atoms with Gasteiger partial charge in [0, 0.05) is 18.2 Å². The molecule has 1 aromatic carbocycles. The molecule has 0 aliphatic carbocycles. The summed E-state index contributed by atoms with van der Waals surface area (Å²) in [4.78, 5) is 3.66.